The first-order chi connectivity index (χ1) is 8.79. The first-order valence-corrected chi connectivity index (χ1v) is 6.73. The number of phenolic OH excluding ortho intramolecular Hbond substituents is 1. The number of hydrogen-bond donors (Lipinski definition) is 1. The second-order valence-corrected chi connectivity index (χ2v) is 4.99. The van der Waals surface area contributed by atoms with E-state index in [2.05, 4.69) is 9.88 Å². The van der Waals surface area contributed by atoms with E-state index >= 15 is 0 Å². The van der Waals surface area contributed by atoms with E-state index in [-0.39, 0.29) is 5.75 Å². The SMILES string of the molecule is Oc1ccc2ccnc(N3CCCC3CCl)c2c1. The van der Waals surface area contributed by atoms with E-state index in [1.807, 2.05) is 18.3 Å². The maximum Gasteiger partial charge on any atom is 0.136 e. The molecule has 0 radical (unpaired) electrons. The molecule has 2 heterocycles. The number of alkyl halides is 1. The molecule has 1 saturated heterocycles. The second kappa shape index (κ2) is 4.65. The number of hydrogen-bond acceptors (Lipinski definition) is 3. The lowest BCUT2D eigenvalue weighted by Gasteiger charge is -2.25. The number of benzene rings is 1. The molecule has 1 atom stereocenters. The van der Waals surface area contributed by atoms with E-state index in [1.54, 1.807) is 12.1 Å². The smallest absolute Gasteiger partial charge is 0.136 e. The lowest BCUT2D eigenvalue weighted by Crippen LogP contribution is -2.31. The van der Waals surface area contributed by atoms with Crippen LogP contribution in [0.15, 0.2) is 30.5 Å². The Morgan fingerprint density at radius 1 is 1.39 bits per heavy atom. The third-order valence-electron chi connectivity index (χ3n) is 3.56. The third kappa shape index (κ3) is 1.89. The van der Waals surface area contributed by atoms with Crippen molar-refractivity contribution in [2.75, 3.05) is 17.3 Å². The van der Waals surface area contributed by atoms with Crippen molar-refractivity contribution in [3.8, 4) is 5.75 Å². The maximum atomic E-state index is 9.65. The summed E-state index contributed by atoms with van der Waals surface area (Å²) < 4.78 is 0. The van der Waals surface area contributed by atoms with Crippen LogP contribution in [0.1, 0.15) is 12.8 Å². The first kappa shape index (κ1) is 11.6. The fraction of sp³-hybridized carbons (Fsp3) is 0.357. The van der Waals surface area contributed by atoms with E-state index in [0.717, 1.165) is 36.0 Å². The van der Waals surface area contributed by atoms with Gasteiger partial charge in [-0.3, -0.25) is 0 Å². The largest absolute Gasteiger partial charge is 0.508 e. The second-order valence-electron chi connectivity index (χ2n) is 4.68. The Hall–Kier alpha value is -1.48. The van der Waals surface area contributed by atoms with E-state index in [1.165, 1.54) is 0 Å². The maximum absolute atomic E-state index is 9.65. The predicted molar refractivity (Wildman–Crippen MR) is 74.5 cm³/mol. The van der Waals surface area contributed by atoms with Crippen molar-refractivity contribution in [3.05, 3.63) is 30.5 Å². The normalized spacial score (nSPS) is 19.6. The molecule has 2 aromatic rings. The molecule has 0 aliphatic carbocycles. The quantitative estimate of drug-likeness (QED) is 0.845. The van der Waals surface area contributed by atoms with Crippen LogP contribution in [0.4, 0.5) is 5.82 Å². The molecule has 3 nitrogen and oxygen atoms in total. The van der Waals surface area contributed by atoms with Crippen molar-refractivity contribution in [2.45, 2.75) is 18.9 Å². The number of halogens is 1. The molecule has 1 aromatic carbocycles. The first-order valence-electron chi connectivity index (χ1n) is 6.20. The average molecular weight is 263 g/mol. The molecular weight excluding hydrogens is 248 g/mol. The Morgan fingerprint density at radius 2 is 2.28 bits per heavy atom. The molecule has 0 bridgehead atoms. The lowest BCUT2D eigenvalue weighted by atomic mass is 10.1. The van der Waals surface area contributed by atoms with Crippen LogP contribution < -0.4 is 4.90 Å². The van der Waals surface area contributed by atoms with Crippen LogP contribution in [-0.2, 0) is 0 Å². The molecule has 0 spiro atoms. The Balaban J connectivity index is 2.13. The van der Waals surface area contributed by atoms with Crippen LogP contribution in [0.25, 0.3) is 10.8 Å². The summed E-state index contributed by atoms with van der Waals surface area (Å²) in [4.78, 5) is 6.74. The van der Waals surface area contributed by atoms with Crippen molar-refractivity contribution in [3.63, 3.8) is 0 Å². The summed E-state index contributed by atoms with van der Waals surface area (Å²) in [6, 6.07) is 7.72. The summed E-state index contributed by atoms with van der Waals surface area (Å²) in [5, 5.41) is 11.7. The van der Waals surface area contributed by atoms with Crippen molar-refractivity contribution in [2.24, 2.45) is 0 Å². The highest BCUT2D eigenvalue weighted by Crippen LogP contribution is 2.32. The van der Waals surface area contributed by atoms with E-state index in [9.17, 15) is 5.11 Å². The minimum Gasteiger partial charge on any atom is -0.508 e. The number of phenols is 1. The zero-order valence-corrected chi connectivity index (χ0v) is 10.8. The van der Waals surface area contributed by atoms with Gasteiger partial charge in [-0.05, 0) is 36.4 Å². The van der Waals surface area contributed by atoms with Gasteiger partial charge in [-0.25, -0.2) is 4.98 Å². The van der Waals surface area contributed by atoms with Gasteiger partial charge in [0.2, 0.25) is 0 Å². The lowest BCUT2D eigenvalue weighted by molar-refractivity contribution is 0.476. The van der Waals surface area contributed by atoms with Gasteiger partial charge in [0.15, 0.2) is 0 Å². The Kier molecular flexibility index (Phi) is 3.00. The average Bonchev–Trinajstić information content (AvgIpc) is 2.86. The molecule has 1 fully saturated rings. The Morgan fingerprint density at radius 3 is 3.11 bits per heavy atom. The minimum absolute atomic E-state index is 0.276. The predicted octanol–water partition coefficient (Wildman–Crippen LogP) is 3.15. The summed E-state index contributed by atoms with van der Waals surface area (Å²) in [6.45, 7) is 0.985. The highest BCUT2D eigenvalue weighted by Gasteiger charge is 2.25. The fourth-order valence-corrected chi connectivity index (χ4v) is 2.97. The van der Waals surface area contributed by atoms with Crippen LogP contribution in [0.2, 0.25) is 0 Å². The molecule has 18 heavy (non-hydrogen) atoms. The van der Waals surface area contributed by atoms with Crippen molar-refractivity contribution < 1.29 is 5.11 Å². The molecule has 1 aliphatic rings. The Bertz CT molecular complexity index is 573. The zero-order valence-electron chi connectivity index (χ0n) is 10.0. The van der Waals surface area contributed by atoms with Gasteiger partial charge in [-0.1, -0.05) is 6.07 Å². The van der Waals surface area contributed by atoms with Gasteiger partial charge in [0, 0.05) is 30.0 Å². The molecule has 1 aromatic heterocycles. The summed E-state index contributed by atoms with van der Waals surface area (Å²) in [5.41, 5.74) is 0. The molecule has 0 saturated carbocycles. The van der Waals surface area contributed by atoms with Crippen molar-refractivity contribution in [1.29, 1.82) is 0 Å². The standard InChI is InChI=1S/C14H15ClN2O/c15-9-11-2-1-7-17(11)14-13-8-12(18)4-3-10(13)5-6-16-14/h3-6,8,11,18H,1-2,7,9H2. The van der Waals surface area contributed by atoms with Gasteiger partial charge in [-0.2, -0.15) is 0 Å². The Labute approximate surface area is 111 Å². The van der Waals surface area contributed by atoms with Gasteiger partial charge in [0.1, 0.15) is 11.6 Å². The van der Waals surface area contributed by atoms with Crippen LogP contribution >= 0.6 is 11.6 Å². The zero-order chi connectivity index (χ0) is 12.5. The number of fused-ring (bicyclic) bond motifs is 1. The number of aromatic nitrogens is 1. The topological polar surface area (TPSA) is 36.4 Å². The number of rotatable bonds is 2. The van der Waals surface area contributed by atoms with Gasteiger partial charge >= 0.3 is 0 Å². The summed E-state index contributed by atoms with van der Waals surface area (Å²) in [6.07, 6.45) is 4.08. The molecule has 1 N–H and O–H groups in total. The number of anilines is 1. The summed E-state index contributed by atoms with van der Waals surface area (Å²) in [5.74, 6) is 1.83. The molecule has 94 valence electrons. The minimum atomic E-state index is 0.276. The van der Waals surface area contributed by atoms with E-state index < -0.39 is 0 Å². The molecule has 1 unspecified atom stereocenters. The third-order valence-corrected chi connectivity index (χ3v) is 3.91. The summed E-state index contributed by atoms with van der Waals surface area (Å²) >= 11 is 6.02. The highest BCUT2D eigenvalue weighted by molar-refractivity contribution is 6.18. The highest BCUT2D eigenvalue weighted by atomic mass is 35.5. The molecule has 3 rings (SSSR count). The van der Waals surface area contributed by atoms with Crippen molar-refractivity contribution >= 4 is 28.2 Å². The van der Waals surface area contributed by atoms with Crippen LogP contribution in [0, 0.1) is 0 Å². The molecular formula is C14H15ClN2O. The number of pyridine rings is 1. The molecule has 4 heteroatoms. The van der Waals surface area contributed by atoms with Gasteiger partial charge in [0.05, 0.1) is 0 Å². The number of aromatic hydroxyl groups is 1. The summed E-state index contributed by atoms with van der Waals surface area (Å²) in [7, 11) is 0. The van der Waals surface area contributed by atoms with Crippen LogP contribution in [0.3, 0.4) is 0 Å². The van der Waals surface area contributed by atoms with Crippen LogP contribution in [0.5, 0.6) is 5.75 Å². The van der Waals surface area contributed by atoms with Crippen LogP contribution in [-0.4, -0.2) is 28.6 Å². The van der Waals surface area contributed by atoms with E-state index in [0.29, 0.717) is 11.9 Å². The van der Waals surface area contributed by atoms with Crippen molar-refractivity contribution in [1.82, 2.24) is 4.98 Å². The molecule has 1 aliphatic heterocycles. The number of nitrogens with zero attached hydrogens (tertiary/aromatic N) is 2. The van der Waals surface area contributed by atoms with Gasteiger partial charge in [0.25, 0.3) is 0 Å². The monoisotopic (exact) mass is 262 g/mol. The van der Waals surface area contributed by atoms with E-state index in [4.69, 9.17) is 11.6 Å². The van der Waals surface area contributed by atoms with Gasteiger partial charge < -0.3 is 10.0 Å². The van der Waals surface area contributed by atoms with Gasteiger partial charge in [-0.15, -0.1) is 11.6 Å². The fourth-order valence-electron chi connectivity index (χ4n) is 2.64. The molecule has 0 amide bonds.